The lowest BCUT2D eigenvalue weighted by Gasteiger charge is -2.36. The third-order valence-corrected chi connectivity index (χ3v) is 6.37. The maximum Gasteiger partial charge on any atom is 0.235 e. The molecule has 1 saturated heterocycles. The Balaban J connectivity index is 1.68. The Morgan fingerprint density at radius 2 is 2.04 bits per heavy atom. The molecule has 7 heteroatoms. The Morgan fingerprint density at radius 3 is 2.67 bits per heavy atom. The van der Waals surface area contributed by atoms with Crippen molar-refractivity contribution in [2.24, 2.45) is 18.9 Å². The molecular weight excluding hydrogens is 340 g/mol. The zero-order valence-electron chi connectivity index (χ0n) is 14.6. The molecule has 24 heavy (non-hydrogen) atoms. The van der Waals surface area contributed by atoms with Gasteiger partial charge >= 0.3 is 0 Å². The summed E-state index contributed by atoms with van der Waals surface area (Å²) >= 11 is 3.14. The van der Waals surface area contributed by atoms with Crippen LogP contribution in [0.25, 0.3) is 10.7 Å². The summed E-state index contributed by atoms with van der Waals surface area (Å²) in [7, 11) is 1.96. The molecule has 3 unspecified atom stereocenters. The molecule has 3 rings (SSSR count). The summed E-state index contributed by atoms with van der Waals surface area (Å²) in [5, 5.41) is 11.2. The van der Waals surface area contributed by atoms with Crippen molar-refractivity contribution in [3.8, 4) is 10.7 Å². The highest BCUT2D eigenvalue weighted by molar-refractivity contribution is 8.00. The maximum absolute atomic E-state index is 12.8. The second-order valence-electron chi connectivity index (χ2n) is 6.79. The predicted octanol–water partition coefficient (Wildman–Crippen LogP) is 3.53. The van der Waals surface area contributed by atoms with Crippen LogP contribution in [0, 0.1) is 11.8 Å². The molecule has 3 heterocycles. The molecule has 2 aromatic heterocycles. The highest BCUT2D eigenvalue weighted by Gasteiger charge is 2.29. The van der Waals surface area contributed by atoms with Gasteiger partial charge in [-0.25, -0.2) is 0 Å². The third-order valence-electron chi connectivity index (χ3n) is 4.39. The fraction of sp³-hybridized carbons (Fsp3) is 0.588. The predicted molar refractivity (Wildman–Crippen MR) is 99.2 cm³/mol. The topological polar surface area (TPSA) is 51.0 Å². The van der Waals surface area contributed by atoms with Crippen molar-refractivity contribution >= 4 is 29.0 Å². The van der Waals surface area contributed by atoms with E-state index in [9.17, 15) is 4.79 Å². The molecule has 3 atom stereocenters. The zero-order chi connectivity index (χ0) is 17.3. The summed E-state index contributed by atoms with van der Waals surface area (Å²) in [6.45, 7) is 8.16. The Bertz CT molecular complexity index is 688. The number of nitrogens with zero attached hydrogens (tertiary/aromatic N) is 4. The quantitative estimate of drug-likeness (QED) is 0.779. The molecule has 5 nitrogen and oxygen atoms in total. The minimum absolute atomic E-state index is 0.151. The first-order valence-electron chi connectivity index (χ1n) is 8.34. The fourth-order valence-corrected chi connectivity index (χ4v) is 4.99. The standard InChI is InChI=1S/C17H24N4OS2/c1-11-8-12(2)10-21(9-11)16(22)13(3)24-17-19-18-15(20(17)4)14-6-5-7-23-14/h5-7,11-13H,8-10H2,1-4H3. The summed E-state index contributed by atoms with van der Waals surface area (Å²) in [5.41, 5.74) is 0. The van der Waals surface area contributed by atoms with Crippen LogP contribution in [-0.4, -0.2) is 43.9 Å². The lowest BCUT2D eigenvalue weighted by Crippen LogP contribution is -2.45. The van der Waals surface area contributed by atoms with Gasteiger partial charge in [0.05, 0.1) is 10.1 Å². The summed E-state index contributed by atoms with van der Waals surface area (Å²) < 4.78 is 1.97. The Kier molecular flexibility index (Phi) is 5.30. The van der Waals surface area contributed by atoms with Crippen LogP contribution >= 0.6 is 23.1 Å². The molecular formula is C17H24N4OS2. The SMILES string of the molecule is CC1CC(C)CN(C(=O)C(C)Sc2nnc(-c3cccs3)n2C)C1. The Hall–Kier alpha value is -1.34. The van der Waals surface area contributed by atoms with Crippen LogP contribution in [0.2, 0.25) is 0 Å². The van der Waals surface area contributed by atoms with E-state index >= 15 is 0 Å². The van der Waals surface area contributed by atoms with Crippen molar-refractivity contribution in [3.63, 3.8) is 0 Å². The number of piperidine rings is 1. The summed E-state index contributed by atoms with van der Waals surface area (Å²) in [5.74, 6) is 2.22. The number of likely N-dealkylation sites (tertiary alicyclic amines) is 1. The third kappa shape index (κ3) is 3.67. The molecule has 0 N–H and O–H groups in total. The van der Waals surface area contributed by atoms with E-state index in [-0.39, 0.29) is 11.2 Å². The van der Waals surface area contributed by atoms with E-state index in [1.165, 1.54) is 18.2 Å². The lowest BCUT2D eigenvalue weighted by molar-refractivity contribution is -0.132. The Morgan fingerprint density at radius 1 is 1.33 bits per heavy atom. The van der Waals surface area contributed by atoms with Crippen LogP contribution in [0.5, 0.6) is 0 Å². The van der Waals surface area contributed by atoms with Gasteiger partial charge in [0.25, 0.3) is 0 Å². The molecule has 0 aliphatic carbocycles. The average Bonchev–Trinajstić information content (AvgIpc) is 3.16. The van der Waals surface area contributed by atoms with Gasteiger partial charge in [0, 0.05) is 20.1 Å². The van der Waals surface area contributed by atoms with Gasteiger partial charge in [-0.05, 0) is 36.6 Å². The number of hydrogen-bond donors (Lipinski definition) is 0. The first kappa shape index (κ1) is 17.5. The van der Waals surface area contributed by atoms with Crippen LogP contribution in [0.4, 0.5) is 0 Å². The van der Waals surface area contributed by atoms with Crippen molar-refractivity contribution in [1.29, 1.82) is 0 Å². The number of rotatable bonds is 4. The molecule has 0 aromatic carbocycles. The van der Waals surface area contributed by atoms with Gasteiger partial charge in [0.15, 0.2) is 11.0 Å². The van der Waals surface area contributed by atoms with Gasteiger partial charge in [-0.2, -0.15) is 0 Å². The smallest absolute Gasteiger partial charge is 0.235 e. The van der Waals surface area contributed by atoms with Crippen molar-refractivity contribution in [1.82, 2.24) is 19.7 Å². The summed E-state index contributed by atoms with van der Waals surface area (Å²) in [4.78, 5) is 15.9. The number of aromatic nitrogens is 3. The number of amides is 1. The molecule has 1 aliphatic rings. The number of hydrogen-bond acceptors (Lipinski definition) is 5. The van der Waals surface area contributed by atoms with Gasteiger partial charge in [-0.1, -0.05) is 31.7 Å². The first-order chi connectivity index (χ1) is 11.5. The number of carbonyl (C=O) groups is 1. The minimum atomic E-state index is -0.151. The molecule has 2 aromatic rings. The second kappa shape index (κ2) is 7.27. The van der Waals surface area contributed by atoms with Crippen molar-refractivity contribution < 1.29 is 4.79 Å². The number of thiophene rings is 1. The van der Waals surface area contributed by atoms with E-state index in [2.05, 4.69) is 24.0 Å². The second-order valence-corrected chi connectivity index (χ2v) is 9.05. The first-order valence-corrected chi connectivity index (χ1v) is 10.1. The van der Waals surface area contributed by atoms with Crippen molar-refractivity contribution in [2.75, 3.05) is 13.1 Å². The van der Waals surface area contributed by atoms with E-state index in [0.717, 1.165) is 28.9 Å². The fourth-order valence-electron chi connectivity index (χ4n) is 3.35. The number of carbonyl (C=O) groups excluding carboxylic acids is 1. The van der Waals surface area contributed by atoms with E-state index in [1.807, 2.05) is 41.0 Å². The van der Waals surface area contributed by atoms with Gasteiger partial charge in [-0.3, -0.25) is 4.79 Å². The Labute approximate surface area is 151 Å². The van der Waals surface area contributed by atoms with Crippen LogP contribution in [0.1, 0.15) is 27.2 Å². The van der Waals surface area contributed by atoms with Crippen molar-refractivity contribution in [3.05, 3.63) is 17.5 Å². The van der Waals surface area contributed by atoms with Gasteiger partial charge in [0.1, 0.15) is 0 Å². The van der Waals surface area contributed by atoms with Gasteiger partial charge < -0.3 is 9.47 Å². The molecule has 1 amide bonds. The normalized spacial score (nSPS) is 22.6. The lowest BCUT2D eigenvalue weighted by atomic mass is 9.92. The van der Waals surface area contributed by atoms with E-state index in [0.29, 0.717) is 11.8 Å². The molecule has 130 valence electrons. The molecule has 0 radical (unpaired) electrons. The zero-order valence-corrected chi connectivity index (χ0v) is 16.2. The molecule has 0 bridgehead atoms. The minimum Gasteiger partial charge on any atom is -0.341 e. The molecule has 0 saturated carbocycles. The van der Waals surface area contributed by atoms with Crippen LogP contribution in [-0.2, 0) is 11.8 Å². The largest absolute Gasteiger partial charge is 0.341 e. The molecule has 0 spiro atoms. The average molecular weight is 365 g/mol. The monoisotopic (exact) mass is 364 g/mol. The van der Waals surface area contributed by atoms with Crippen LogP contribution in [0.15, 0.2) is 22.7 Å². The van der Waals surface area contributed by atoms with Crippen molar-refractivity contribution in [2.45, 2.75) is 37.6 Å². The number of thioether (sulfide) groups is 1. The van der Waals surface area contributed by atoms with Gasteiger partial charge in [0.2, 0.25) is 5.91 Å². The summed E-state index contributed by atoms with van der Waals surface area (Å²) in [6, 6.07) is 4.04. The summed E-state index contributed by atoms with van der Waals surface area (Å²) in [6.07, 6.45) is 1.21. The van der Waals surface area contributed by atoms with Crippen LogP contribution < -0.4 is 0 Å². The van der Waals surface area contributed by atoms with E-state index in [1.54, 1.807) is 11.3 Å². The van der Waals surface area contributed by atoms with Crippen LogP contribution in [0.3, 0.4) is 0 Å². The maximum atomic E-state index is 12.8. The van der Waals surface area contributed by atoms with E-state index < -0.39 is 0 Å². The van der Waals surface area contributed by atoms with Gasteiger partial charge in [-0.15, -0.1) is 21.5 Å². The van der Waals surface area contributed by atoms with E-state index in [4.69, 9.17) is 0 Å². The molecule has 1 fully saturated rings. The molecule has 1 aliphatic heterocycles. The highest BCUT2D eigenvalue weighted by Crippen LogP contribution is 2.30. The highest BCUT2D eigenvalue weighted by atomic mass is 32.2.